The summed E-state index contributed by atoms with van der Waals surface area (Å²) in [6.07, 6.45) is 2.13. The second-order valence-corrected chi connectivity index (χ2v) is 10.2. The number of carbonyl (C=O) groups is 1. The molecule has 1 saturated heterocycles. The van der Waals surface area contributed by atoms with Crippen molar-refractivity contribution in [2.75, 3.05) is 19.7 Å². The molecule has 1 fully saturated rings. The molecule has 3 aromatic carbocycles. The molecule has 1 aliphatic rings. The highest BCUT2D eigenvalue weighted by Crippen LogP contribution is 2.25. The molecular formula is C31H36N4O3. The van der Waals surface area contributed by atoms with E-state index in [1.807, 2.05) is 41.0 Å². The number of carbonyl (C=O) groups excluding carboxylic acids is 1. The molecule has 1 unspecified atom stereocenters. The van der Waals surface area contributed by atoms with E-state index in [1.165, 1.54) is 11.1 Å². The van der Waals surface area contributed by atoms with Crippen molar-refractivity contribution in [2.24, 2.45) is 0 Å². The van der Waals surface area contributed by atoms with Crippen LogP contribution in [0.4, 0.5) is 4.79 Å². The molecule has 4 aromatic rings. The molecule has 0 saturated carbocycles. The Morgan fingerprint density at radius 1 is 0.921 bits per heavy atom. The summed E-state index contributed by atoms with van der Waals surface area (Å²) in [5.41, 5.74) is 4.14. The summed E-state index contributed by atoms with van der Waals surface area (Å²) >= 11 is 0. The normalized spacial score (nSPS) is 16.9. The van der Waals surface area contributed by atoms with Gasteiger partial charge in [0.15, 0.2) is 0 Å². The minimum atomic E-state index is -0.275. The summed E-state index contributed by atoms with van der Waals surface area (Å²) in [5.74, 6) is 0. The summed E-state index contributed by atoms with van der Waals surface area (Å²) in [7, 11) is 0. The fourth-order valence-electron chi connectivity index (χ4n) is 5.35. The van der Waals surface area contributed by atoms with Gasteiger partial charge in [0, 0.05) is 38.3 Å². The lowest BCUT2D eigenvalue weighted by atomic mass is 10.1. The number of benzene rings is 3. The van der Waals surface area contributed by atoms with Crippen molar-refractivity contribution in [1.29, 1.82) is 0 Å². The first-order valence-electron chi connectivity index (χ1n) is 13.5. The van der Waals surface area contributed by atoms with E-state index in [0.717, 1.165) is 43.4 Å². The largest absolute Gasteiger partial charge is 0.448 e. The van der Waals surface area contributed by atoms with Crippen LogP contribution in [0.3, 0.4) is 0 Å². The molecule has 0 spiro atoms. The Morgan fingerprint density at radius 2 is 1.55 bits per heavy atom. The van der Waals surface area contributed by atoms with Gasteiger partial charge in [0.1, 0.15) is 6.61 Å². The Labute approximate surface area is 223 Å². The highest BCUT2D eigenvalue weighted by molar-refractivity contribution is 5.75. The molecular weight excluding hydrogens is 476 g/mol. The van der Waals surface area contributed by atoms with Crippen LogP contribution in [0.2, 0.25) is 0 Å². The summed E-state index contributed by atoms with van der Waals surface area (Å²) in [5, 5.41) is 0. The van der Waals surface area contributed by atoms with Gasteiger partial charge >= 0.3 is 11.8 Å². The predicted octanol–water partition coefficient (Wildman–Crippen LogP) is 5.58. The molecule has 1 N–H and O–H groups in total. The first-order chi connectivity index (χ1) is 18.6. The average molecular weight is 513 g/mol. The molecule has 1 aliphatic heterocycles. The van der Waals surface area contributed by atoms with Crippen LogP contribution in [0, 0.1) is 0 Å². The van der Waals surface area contributed by atoms with Crippen LogP contribution >= 0.6 is 0 Å². The maximum absolute atomic E-state index is 13.1. The predicted molar refractivity (Wildman–Crippen MR) is 150 cm³/mol. The van der Waals surface area contributed by atoms with E-state index in [1.54, 1.807) is 4.90 Å². The number of amides is 1. The van der Waals surface area contributed by atoms with E-state index < -0.39 is 0 Å². The number of ether oxygens (including phenoxy) is 1. The zero-order chi connectivity index (χ0) is 26.3. The summed E-state index contributed by atoms with van der Waals surface area (Å²) in [6, 6.07) is 28.7. The van der Waals surface area contributed by atoms with E-state index in [0.29, 0.717) is 19.7 Å². The minimum Gasteiger partial charge on any atom is -0.448 e. The van der Waals surface area contributed by atoms with E-state index in [4.69, 9.17) is 4.74 Å². The third kappa shape index (κ3) is 6.17. The summed E-state index contributed by atoms with van der Waals surface area (Å²) in [4.78, 5) is 32.8. The number of hydrogen-bond donors (Lipinski definition) is 1. The smallest absolute Gasteiger partial charge is 0.409 e. The van der Waals surface area contributed by atoms with Gasteiger partial charge in [-0.25, -0.2) is 9.59 Å². The molecule has 7 nitrogen and oxygen atoms in total. The molecule has 5 rings (SSSR count). The number of H-pyrrole nitrogens is 1. The lowest BCUT2D eigenvalue weighted by Gasteiger charge is -2.30. The van der Waals surface area contributed by atoms with Gasteiger partial charge in [-0.2, -0.15) is 0 Å². The molecule has 0 bridgehead atoms. The topological polar surface area (TPSA) is 70.6 Å². The van der Waals surface area contributed by atoms with Crippen molar-refractivity contribution in [3.8, 4) is 0 Å². The highest BCUT2D eigenvalue weighted by Gasteiger charge is 2.25. The lowest BCUT2D eigenvalue weighted by Crippen LogP contribution is -2.39. The number of aromatic amines is 1. The van der Waals surface area contributed by atoms with Crippen LogP contribution in [0.25, 0.3) is 11.0 Å². The number of para-hydroxylation sites is 2. The van der Waals surface area contributed by atoms with Crippen molar-refractivity contribution in [3.05, 3.63) is 107 Å². The van der Waals surface area contributed by atoms with Gasteiger partial charge in [-0.1, -0.05) is 72.8 Å². The van der Waals surface area contributed by atoms with Gasteiger partial charge in [0.05, 0.1) is 11.0 Å². The van der Waals surface area contributed by atoms with E-state index in [9.17, 15) is 9.59 Å². The molecule has 1 aromatic heterocycles. The van der Waals surface area contributed by atoms with Crippen LogP contribution in [0.15, 0.2) is 89.7 Å². The van der Waals surface area contributed by atoms with Crippen LogP contribution in [-0.2, 0) is 17.8 Å². The lowest BCUT2D eigenvalue weighted by molar-refractivity contribution is 0.0646. The number of aromatic nitrogens is 2. The van der Waals surface area contributed by atoms with Crippen LogP contribution in [0.5, 0.6) is 0 Å². The Balaban J connectivity index is 1.20. The second-order valence-electron chi connectivity index (χ2n) is 10.2. The molecule has 38 heavy (non-hydrogen) atoms. The molecule has 2 heterocycles. The number of likely N-dealkylation sites (tertiary alicyclic amines) is 1. The standard InChI is InChI=1S/C31H36N4O3/c1-24(34(21-25-11-4-2-5-12-25)22-26-13-6-3-7-14-26)23-38-31(37)33-19-10-15-27(18-20-33)35-29-17-9-8-16-28(29)32-30(35)36/h2-9,11-14,16-17,24,27H,10,15,18-23H2,1H3,(H,32,36)/t24-,27?/m0/s1. The van der Waals surface area contributed by atoms with Crippen molar-refractivity contribution < 1.29 is 9.53 Å². The number of hydrogen-bond acceptors (Lipinski definition) is 4. The van der Waals surface area contributed by atoms with Gasteiger partial charge in [-0.3, -0.25) is 9.47 Å². The van der Waals surface area contributed by atoms with Gasteiger partial charge in [-0.05, 0) is 49.4 Å². The number of nitrogens with one attached hydrogen (secondary N) is 1. The zero-order valence-electron chi connectivity index (χ0n) is 22.0. The van der Waals surface area contributed by atoms with Crippen LogP contribution < -0.4 is 5.69 Å². The number of nitrogens with zero attached hydrogens (tertiary/aromatic N) is 3. The number of fused-ring (bicyclic) bond motifs is 1. The fraction of sp³-hybridized carbons (Fsp3) is 0.355. The highest BCUT2D eigenvalue weighted by atomic mass is 16.6. The van der Waals surface area contributed by atoms with Gasteiger partial charge in [0.2, 0.25) is 0 Å². The molecule has 0 radical (unpaired) electrons. The molecule has 7 heteroatoms. The van der Waals surface area contributed by atoms with Crippen molar-refractivity contribution in [2.45, 2.75) is 51.4 Å². The summed E-state index contributed by atoms with van der Waals surface area (Å²) in [6.45, 7) is 5.19. The first-order valence-corrected chi connectivity index (χ1v) is 13.5. The van der Waals surface area contributed by atoms with Crippen molar-refractivity contribution in [3.63, 3.8) is 0 Å². The van der Waals surface area contributed by atoms with Crippen molar-refractivity contribution >= 4 is 17.1 Å². The zero-order valence-corrected chi connectivity index (χ0v) is 22.0. The van der Waals surface area contributed by atoms with E-state index >= 15 is 0 Å². The Hall–Kier alpha value is -3.84. The maximum atomic E-state index is 13.1. The van der Waals surface area contributed by atoms with E-state index in [-0.39, 0.29) is 23.9 Å². The first kappa shape index (κ1) is 25.8. The second kappa shape index (κ2) is 12.1. The third-order valence-electron chi connectivity index (χ3n) is 7.47. The number of imidazole rings is 1. The SMILES string of the molecule is C[C@@H](COC(=O)N1CCCC(n2c(=O)[nH]c3ccccc32)CC1)N(Cc1ccccc1)Cc1ccccc1. The van der Waals surface area contributed by atoms with Crippen molar-refractivity contribution in [1.82, 2.24) is 19.4 Å². The molecule has 0 aliphatic carbocycles. The molecule has 198 valence electrons. The Kier molecular flexibility index (Phi) is 8.24. The third-order valence-corrected chi connectivity index (χ3v) is 7.47. The average Bonchev–Trinajstić information content (AvgIpc) is 3.10. The van der Waals surface area contributed by atoms with E-state index in [2.05, 4.69) is 65.3 Å². The van der Waals surface area contributed by atoms with Gasteiger partial charge < -0.3 is 14.6 Å². The summed E-state index contributed by atoms with van der Waals surface area (Å²) < 4.78 is 7.70. The van der Waals surface area contributed by atoms with Crippen LogP contribution in [0.1, 0.15) is 43.4 Å². The maximum Gasteiger partial charge on any atom is 0.409 e. The Morgan fingerprint density at radius 3 is 2.24 bits per heavy atom. The number of rotatable bonds is 8. The Bertz CT molecular complexity index is 1340. The quantitative estimate of drug-likeness (QED) is 0.334. The van der Waals surface area contributed by atoms with Crippen LogP contribution in [-0.4, -0.2) is 51.2 Å². The fourth-order valence-corrected chi connectivity index (χ4v) is 5.35. The molecule has 1 amide bonds. The minimum absolute atomic E-state index is 0.0453. The molecule has 2 atom stereocenters. The monoisotopic (exact) mass is 512 g/mol. The van der Waals surface area contributed by atoms with Gasteiger partial charge in [0.25, 0.3) is 0 Å². The van der Waals surface area contributed by atoms with Gasteiger partial charge in [-0.15, -0.1) is 0 Å².